The van der Waals surface area contributed by atoms with E-state index in [0.29, 0.717) is 18.8 Å². The Morgan fingerprint density at radius 1 is 1.37 bits per heavy atom. The fourth-order valence-corrected chi connectivity index (χ4v) is 2.30. The van der Waals surface area contributed by atoms with Crippen LogP contribution >= 0.6 is 0 Å². The smallest absolute Gasteiger partial charge is 0.394 e. The molecule has 0 atom stereocenters. The highest BCUT2D eigenvalue weighted by Gasteiger charge is 2.35. The SMILES string of the molecule is CC1CCC(CO)(NC(=O)CNCC(F)(F)F)CC1. The molecule has 0 aromatic rings. The molecule has 0 aliphatic heterocycles. The van der Waals surface area contributed by atoms with E-state index in [1.165, 1.54) is 0 Å². The number of carbonyl (C=O) groups excluding carboxylic acids is 1. The van der Waals surface area contributed by atoms with Crippen molar-refractivity contribution in [2.24, 2.45) is 5.92 Å². The number of carbonyl (C=O) groups is 1. The second-order valence-electron chi connectivity index (χ2n) is 5.39. The van der Waals surface area contributed by atoms with Gasteiger partial charge in [0.2, 0.25) is 5.91 Å². The minimum absolute atomic E-state index is 0.176. The zero-order valence-electron chi connectivity index (χ0n) is 11.0. The molecule has 1 fully saturated rings. The van der Waals surface area contributed by atoms with Crippen molar-refractivity contribution in [3.05, 3.63) is 0 Å². The molecule has 1 amide bonds. The summed E-state index contributed by atoms with van der Waals surface area (Å²) in [7, 11) is 0. The van der Waals surface area contributed by atoms with Gasteiger partial charge in [-0.15, -0.1) is 0 Å². The van der Waals surface area contributed by atoms with Gasteiger partial charge in [0.25, 0.3) is 0 Å². The summed E-state index contributed by atoms with van der Waals surface area (Å²) in [5, 5.41) is 14.1. The van der Waals surface area contributed by atoms with Gasteiger partial charge in [-0.1, -0.05) is 6.92 Å². The Morgan fingerprint density at radius 2 is 1.95 bits per heavy atom. The maximum Gasteiger partial charge on any atom is 0.401 e. The van der Waals surface area contributed by atoms with E-state index in [-0.39, 0.29) is 6.61 Å². The van der Waals surface area contributed by atoms with Gasteiger partial charge >= 0.3 is 6.18 Å². The van der Waals surface area contributed by atoms with Crippen LogP contribution in [0.3, 0.4) is 0 Å². The molecule has 1 rings (SSSR count). The average molecular weight is 282 g/mol. The molecule has 112 valence electrons. The molecule has 0 radical (unpaired) electrons. The number of amides is 1. The maximum absolute atomic E-state index is 11.9. The molecule has 0 saturated heterocycles. The molecule has 0 heterocycles. The zero-order valence-corrected chi connectivity index (χ0v) is 11.0. The first-order valence-electron chi connectivity index (χ1n) is 6.46. The summed E-state index contributed by atoms with van der Waals surface area (Å²) in [6, 6.07) is 0. The monoisotopic (exact) mass is 282 g/mol. The standard InChI is InChI=1S/C12H21F3N2O2/c1-9-2-4-11(8-18,5-3-9)17-10(19)6-16-7-12(13,14)15/h9,16,18H,2-8H2,1H3,(H,17,19). The van der Waals surface area contributed by atoms with Crippen molar-refractivity contribution < 1.29 is 23.1 Å². The van der Waals surface area contributed by atoms with E-state index in [9.17, 15) is 23.1 Å². The Kier molecular flexibility index (Phi) is 5.61. The molecule has 0 aromatic carbocycles. The summed E-state index contributed by atoms with van der Waals surface area (Å²) in [5.41, 5.74) is -0.663. The van der Waals surface area contributed by atoms with Crippen molar-refractivity contribution in [1.82, 2.24) is 10.6 Å². The average Bonchev–Trinajstić information content (AvgIpc) is 2.31. The minimum atomic E-state index is -4.32. The number of aliphatic hydroxyl groups is 1. The van der Waals surface area contributed by atoms with Crippen molar-refractivity contribution in [2.45, 2.75) is 44.3 Å². The van der Waals surface area contributed by atoms with Crippen LogP contribution in [0.1, 0.15) is 32.6 Å². The lowest BCUT2D eigenvalue weighted by Crippen LogP contribution is -2.55. The molecule has 1 saturated carbocycles. The number of alkyl halides is 3. The topological polar surface area (TPSA) is 61.4 Å². The van der Waals surface area contributed by atoms with E-state index in [0.717, 1.165) is 12.8 Å². The normalized spacial score (nSPS) is 28.2. The highest BCUT2D eigenvalue weighted by atomic mass is 19.4. The van der Waals surface area contributed by atoms with E-state index in [2.05, 4.69) is 12.2 Å². The number of halogens is 3. The summed E-state index contributed by atoms with van der Waals surface area (Å²) in [5.74, 6) is 0.0489. The third-order valence-electron chi connectivity index (χ3n) is 3.55. The molecule has 0 bridgehead atoms. The third kappa shape index (κ3) is 5.78. The van der Waals surface area contributed by atoms with E-state index < -0.39 is 30.7 Å². The van der Waals surface area contributed by atoms with Crippen LogP contribution in [0.25, 0.3) is 0 Å². The maximum atomic E-state index is 11.9. The van der Waals surface area contributed by atoms with Crippen LogP contribution in [0, 0.1) is 5.92 Å². The van der Waals surface area contributed by atoms with E-state index in [1.807, 2.05) is 5.32 Å². The summed E-state index contributed by atoms with van der Waals surface area (Å²) < 4.78 is 35.7. The van der Waals surface area contributed by atoms with Crippen LogP contribution in [-0.4, -0.2) is 42.4 Å². The molecule has 1 aliphatic rings. The van der Waals surface area contributed by atoms with Gasteiger partial charge in [-0.3, -0.25) is 4.79 Å². The van der Waals surface area contributed by atoms with Crippen LogP contribution in [0.2, 0.25) is 0 Å². The lowest BCUT2D eigenvalue weighted by Gasteiger charge is -2.38. The second-order valence-corrected chi connectivity index (χ2v) is 5.39. The first-order valence-corrected chi connectivity index (χ1v) is 6.46. The second kappa shape index (κ2) is 6.56. The van der Waals surface area contributed by atoms with Crippen molar-refractivity contribution in [3.63, 3.8) is 0 Å². The van der Waals surface area contributed by atoms with E-state index in [4.69, 9.17) is 0 Å². The number of hydrogen-bond acceptors (Lipinski definition) is 3. The van der Waals surface area contributed by atoms with Crippen molar-refractivity contribution in [2.75, 3.05) is 19.7 Å². The molecular weight excluding hydrogens is 261 g/mol. The first kappa shape index (κ1) is 16.2. The minimum Gasteiger partial charge on any atom is -0.394 e. The van der Waals surface area contributed by atoms with Crippen LogP contribution in [-0.2, 0) is 4.79 Å². The lowest BCUT2D eigenvalue weighted by atomic mass is 9.77. The third-order valence-corrected chi connectivity index (χ3v) is 3.55. The quantitative estimate of drug-likeness (QED) is 0.710. The molecule has 0 unspecified atom stereocenters. The molecule has 0 aromatic heterocycles. The van der Waals surface area contributed by atoms with Gasteiger partial charge in [0, 0.05) is 0 Å². The van der Waals surface area contributed by atoms with E-state index in [1.54, 1.807) is 0 Å². The molecule has 19 heavy (non-hydrogen) atoms. The fourth-order valence-electron chi connectivity index (χ4n) is 2.30. The van der Waals surface area contributed by atoms with Gasteiger partial charge in [-0.2, -0.15) is 13.2 Å². The highest BCUT2D eigenvalue weighted by Crippen LogP contribution is 2.31. The van der Waals surface area contributed by atoms with Gasteiger partial charge in [-0.05, 0) is 31.6 Å². The van der Waals surface area contributed by atoms with Crippen molar-refractivity contribution in [3.8, 4) is 0 Å². The van der Waals surface area contributed by atoms with Gasteiger partial charge in [0.05, 0.1) is 25.2 Å². The number of rotatable bonds is 5. The highest BCUT2D eigenvalue weighted by molar-refractivity contribution is 5.78. The molecular formula is C12H21F3N2O2. The number of aliphatic hydroxyl groups excluding tert-OH is 1. The Labute approximate surface area is 110 Å². The molecule has 7 heteroatoms. The summed E-state index contributed by atoms with van der Waals surface area (Å²) in [6.45, 7) is 0.346. The van der Waals surface area contributed by atoms with Crippen LogP contribution in [0.4, 0.5) is 13.2 Å². The van der Waals surface area contributed by atoms with Crippen LogP contribution in [0.15, 0.2) is 0 Å². The largest absolute Gasteiger partial charge is 0.401 e. The molecule has 1 aliphatic carbocycles. The molecule has 0 spiro atoms. The van der Waals surface area contributed by atoms with Crippen molar-refractivity contribution >= 4 is 5.91 Å². The summed E-state index contributed by atoms with van der Waals surface area (Å²) >= 11 is 0. The molecule has 3 N–H and O–H groups in total. The summed E-state index contributed by atoms with van der Waals surface area (Å²) in [6.07, 6.45) is -1.20. The summed E-state index contributed by atoms with van der Waals surface area (Å²) in [4.78, 5) is 11.6. The fraction of sp³-hybridized carbons (Fsp3) is 0.917. The van der Waals surface area contributed by atoms with Crippen LogP contribution < -0.4 is 10.6 Å². The number of hydrogen-bond donors (Lipinski definition) is 3. The van der Waals surface area contributed by atoms with Crippen molar-refractivity contribution in [1.29, 1.82) is 0 Å². The Morgan fingerprint density at radius 3 is 2.42 bits per heavy atom. The van der Waals surface area contributed by atoms with E-state index >= 15 is 0 Å². The first-order chi connectivity index (χ1) is 8.76. The predicted octanol–water partition coefficient (Wildman–Crippen LogP) is 1.20. The van der Waals surface area contributed by atoms with Gasteiger partial charge in [0.15, 0.2) is 0 Å². The zero-order chi connectivity index (χ0) is 14.5. The van der Waals surface area contributed by atoms with Gasteiger partial charge < -0.3 is 15.7 Å². The predicted molar refractivity (Wildman–Crippen MR) is 64.5 cm³/mol. The Hall–Kier alpha value is -0.820. The Bertz CT molecular complexity index is 300. The number of nitrogens with one attached hydrogen (secondary N) is 2. The van der Waals surface area contributed by atoms with Gasteiger partial charge in [-0.25, -0.2) is 0 Å². The Balaban J connectivity index is 2.37. The van der Waals surface area contributed by atoms with Crippen LogP contribution in [0.5, 0.6) is 0 Å². The molecule has 4 nitrogen and oxygen atoms in total. The lowest BCUT2D eigenvalue weighted by molar-refractivity contribution is -0.129. The van der Waals surface area contributed by atoms with Gasteiger partial charge in [0.1, 0.15) is 0 Å².